The summed E-state index contributed by atoms with van der Waals surface area (Å²) < 4.78 is 36.7. The number of anilines is 1. The summed E-state index contributed by atoms with van der Waals surface area (Å²) in [5.74, 6) is -0.889. The highest BCUT2D eigenvalue weighted by atomic mass is 32.1. The number of nitrogens with zero attached hydrogens (tertiary/aromatic N) is 1. The number of aromatic nitrogens is 1. The van der Waals surface area contributed by atoms with Crippen molar-refractivity contribution in [1.82, 2.24) is 4.98 Å². The highest BCUT2D eigenvalue weighted by Crippen LogP contribution is 2.22. The average molecular weight is 204 g/mol. The van der Waals surface area contributed by atoms with Crippen LogP contribution in [0.2, 0.25) is 0 Å². The highest BCUT2D eigenvalue weighted by Gasteiger charge is 2.13. The predicted octanol–water partition coefficient (Wildman–Crippen LogP) is 1.24. The molecular formula is C8H13N3OS. The van der Waals surface area contributed by atoms with Gasteiger partial charge < -0.3 is 11.1 Å². The molecule has 3 N–H and O–H groups in total. The molecule has 1 rings (SSSR count). The quantitative estimate of drug-likeness (QED) is 0.775. The van der Waals surface area contributed by atoms with E-state index >= 15 is 0 Å². The Morgan fingerprint density at radius 2 is 2.69 bits per heavy atom. The average Bonchev–Trinajstić information content (AvgIpc) is 2.61. The molecule has 0 bridgehead atoms. The molecule has 1 aromatic rings. The Morgan fingerprint density at radius 3 is 3.23 bits per heavy atom. The van der Waals surface area contributed by atoms with E-state index in [-0.39, 0.29) is 10.0 Å². The Kier molecular flexibility index (Phi) is 1.61. The molecule has 0 aliphatic carbocycles. The van der Waals surface area contributed by atoms with Crippen molar-refractivity contribution in [2.24, 2.45) is 5.73 Å². The van der Waals surface area contributed by atoms with Crippen LogP contribution in [-0.2, 0) is 6.37 Å². The number of carbonyl (C=O) groups excluding carboxylic acids is 1. The van der Waals surface area contributed by atoms with Gasteiger partial charge in [-0.2, -0.15) is 0 Å². The molecule has 1 aromatic heterocycles. The second kappa shape index (κ2) is 4.23. The Bertz CT molecular complexity index is 456. The molecule has 4 nitrogen and oxygen atoms in total. The molecule has 0 saturated heterocycles. The molecular weight excluding hydrogens is 186 g/mol. The fraction of sp³-hybridized carbons (Fsp3) is 0.500. The topological polar surface area (TPSA) is 68.0 Å². The molecule has 0 unspecified atom stereocenters. The highest BCUT2D eigenvalue weighted by molar-refractivity contribution is 7.17. The van der Waals surface area contributed by atoms with E-state index in [9.17, 15) is 4.79 Å². The number of aryl methyl sites for hydroxylation is 1. The number of primary amides is 1. The Balaban J connectivity index is 3.34. The molecule has 72 valence electrons. The maximum Gasteiger partial charge on any atom is 0.260 e. The molecule has 0 aliphatic heterocycles. The maximum atomic E-state index is 11.2. The molecule has 0 spiro atoms. The lowest BCUT2D eigenvalue weighted by molar-refractivity contribution is 0.100. The lowest BCUT2D eigenvalue weighted by Gasteiger charge is -1.92. The minimum atomic E-state index is -2.92. The van der Waals surface area contributed by atoms with E-state index in [4.69, 9.17) is 12.6 Å². The summed E-state index contributed by atoms with van der Waals surface area (Å²) in [6.07, 6.45) is -2.72. The zero-order chi connectivity index (χ0) is 14.1. The van der Waals surface area contributed by atoms with E-state index in [1.54, 1.807) is 6.92 Å². The smallest absolute Gasteiger partial charge is 0.260 e. The molecule has 0 aromatic carbocycles. The zero-order valence-corrected chi connectivity index (χ0v) is 7.86. The summed E-state index contributed by atoms with van der Waals surface area (Å²) >= 11 is 0.848. The van der Waals surface area contributed by atoms with E-state index in [1.165, 1.54) is 0 Å². The third-order valence-corrected chi connectivity index (χ3v) is 2.32. The van der Waals surface area contributed by atoms with Crippen LogP contribution in [0.1, 0.15) is 36.0 Å². The normalized spacial score (nSPS) is 17.8. The van der Waals surface area contributed by atoms with Crippen LogP contribution in [-0.4, -0.2) is 17.4 Å². The Morgan fingerprint density at radius 1 is 1.92 bits per heavy atom. The lowest BCUT2D eigenvalue weighted by atomic mass is 10.3. The lowest BCUT2D eigenvalue weighted by Crippen LogP contribution is -2.11. The molecule has 1 heterocycles. The Hall–Kier alpha value is -1.10. The van der Waals surface area contributed by atoms with Gasteiger partial charge in [-0.3, -0.25) is 4.79 Å². The van der Waals surface area contributed by atoms with Gasteiger partial charge in [-0.15, -0.1) is 0 Å². The zero-order valence-electron chi connectivity index (χ0n) is 12.0. The van der Waals surface area contributed by atoms with Gasteiger partial charge in [0.1, 0.15) is 4.88 Å². The Labute approximate surface area is 88.2 Å². The van der Waals surface area contributed by atoms with Gasteiger partial charge in [0.25, 0.3) is 5.91 Å². The van der Waals surface area contributed by atoms with Crippen molar-refractivity contribution in [1.29, 1.82) is 0 Å². The van der Waals surface area contributed by atoms with E-state index in [0.717, 1.165) is 11.3 Å². The monoisotopic (exact) mass is 204 g/mol. The summed E-state index contributed by atoms with van der Waals surface area (Å²) in [4.78, 5) is 14.9. The minimum Gasteiger partial charge on any atom is -0.365 e. The van der Waals surface area contributed by atoms with E-state index in [2.05, 4.69) is 10.3 Å². The second-order valence-corrected chi connectivity index (χ2v) is 3.22. The van der Waals surface area contributed by atoms with Gasteiger partial charge in [-0.1, -0.05) is 18.2 Å². The van der Waals surface area contributed by atoms with Crippen LogP contribution in [0.15, 0.2) is 0 Å². The third kappa shape index (κ3) is 2.18. The van der Waals surface area contributed by atoms with Crippen molar-refractivity contribution in [3.05, 3.63) is 10.6 Å². The minimum absolute atomic E-state index is 0.174. The number of nitrogens with one attached hydrogen (secondary N) is 1. The molecule has 5 heteroatoms. The summed E-state index contributed by atoms with van der Waals surface area (Å²) in [6, 6.07) is 0. The third-order valence-electron chi connectivity index (χ3n) is 1.30. The molecule has 1 amide bonds. The van der Waals surface area contributed by atoms with Crippen LogP contribution in [0.5, 0.6) is 0 Å². The predicted molar refractivity (Wildman–Crippen MR) is 54.2 cm³/mol. The van der Waals surface area contributed by atoms with E-state index < -0.39 is 24.8 Å². The van der Waals surface area contributed by atoms with Gasteiger partial charge in [0.2, 0.25) is 0 Å². The number of hydrogen-bond acceptors (Lipinski definition) is 4. The number of thiazole rings is 1. The largest absolute Gasteiger partial charge is 0.365 e. The van der Waals surface area contributed by atoms with Crippen LogP contribution in [0.4, 0.5) is 5.13 Å². The number of hydrogen-bond donors (Lipinski definition) is 2. The van der Waals surface area contributed by atoms with Gasteiger partial charge in [0.15, 0.2) is 5.13 Å². The molecule has 0 fully saturated rings. The van der Waals surface area contributed by atoms with Crippen molar-refractivity contribution in [3.8, 4) is 0 Å². The van der Waals surface area contributed by atoms with Gasteiger partial charge in [0, 0.05) is 13.4 Å². The van der Waals surface area contributed by atoms with Crippen LogP contribution >= 0.6 is 11.3 Å². The van der Waals surface area contributed by atoms with Crippen LogP contribution < -0.4 is 11.1 Å². The van der Waals surface area contributed by atoms with Gasteiger partial charge >= 0.3 is 0 Å². The molecule has 0 aliphatic rings. The van der Waals surface area contributed by atoms with Gasteiger partial charge in [-0.05, 0) is 13.3 Å². The van der Waals surface area contributed by atoms with Crippen molar-refractivity contribution in [2.75, 3.05) is 11.9 Å². The van der Waals surface area contributed by atoms with E-state index in [1.807, 2.05) is 0 Å². The van der Waals surface area contributed by atoms with Crippen LogP contribution in [0.25, 0.3) is 0 Å². The van der Waals surface area contributed by atoms with Crippen molar-refractivity contribution in [2.45, 2.75) is 20.1 Å². The number of nitrogens with two attached hydrogens (primary N) is 1. The maximum absolute atomic E-state index is 11.2. The first-order valence-corrected chi connectivity index (χ1v) is 4.48. The molecule has 0 atom stereocenters. The van der Waals surface area contributed by atoms with E-state index in [0.29, 0.717) is 6.54 Å². The summed E-state index contributed by atoms with van der Waals surface area (Å²) in [5.41, 5.74) is 4.68. The number of amides is 1. The van der Waals surface area contributed by atoms with Crippen LogP contribution in [0.3, 0.4) is 0 Å². The molecule has 0 radical (unpaired) electrons. The van der Waals surface area contributed by atoms with Crippen molar-refractivity contribution < 1.29 is 11.6 Å². The summed E-state index contributed by atoms with van der Waals surface area (Å²) in [5, 5.41) is 3.07. The van der Waals surface area contributed by atoms with Crippen molar-refractivity contribution >= 4 is 22.4 Å². The fourth-order valence-electron chi connectivity index (χ4n) is 0.799. The fourth-order valence-corrected chi connectivity index (χ4v) is 1.64. The number of carbonyl (C=O) groups is 1. The SMILES string of the molecule is [2H]C([2H])([2H])C([2H])([2H])c1nc(NCC)sc1C(N)=O. The number of rotatable bonds is 4. The first-order valence-electron chi connectivity index (χ1n) is 6.16. The summed E-state index contributed by atoms with van der Waals surface area (Å²) in [7, 11) is 0. The second-order valence-electron chi connectivity index (χ2n) is 2.22. The molecule has 13 heavy (non-hydrogen) atoms. The summed E-state index contributed by atoms with van der Waals surface area (Å²) in [6.45, 7) is -0.611. The van der Waals surface area contributed by atoms with Gasteiger partial charge in [0.05, 0.1) is 5.69 Å². The van der Waals surface area contributed by atoms with Crippen LogP contribution in [0, 0.1) is 0 Å². The van der Waals surface area contributed by atoms with Crippen molar-refractivity contribution in [3.63, 3.8) is 0 Å². The first kappa shape index (κ1) is 4.95. The molecule has 0 saturated carbocycles. The standard InChI is InChI=1S/C8H13N3OS/c1-3-5-6(7(9)12)13-8(11-5)10-4-2/h3-4H2,1-2H3,(H2,9,12)(H,10,11)/i1D3,3D2. The van der Waals surface area contributed by atoms with Gasteiger partial charge in [-0.25, -0.2) is 4.98 Å². The first-order chi connectivity index (χ1) is 8.11.